The van der Waals surface area contributed by atoms with Crippen LogP contribution in [0.5, 0.6) is 0 Å². The van der Waals surface area contributed by atoms with Gasteiger partial charge in [0.1, 0.15) is 11.3 Å². The quantitative estimate of drug-likeness (QED) is 0.793. The van der Waals surface area contributed by atoms with Gasteiger partial charge in [0.15, 0.2) is 5.65 Å². The van der Waals surface area contributed by atoms with E-state index in [4.69, 9.17) is 9.72 Å². The molecule has 1 unspecified atom stereocenters. The minimum absolute atomic E-state index is 0.412. The summed E-state index contributed by atoms with van der Waals surface area (Å²) in [6, 6.07) is 4.43. The maximum absolute atomic E-state index is 5.19. The van der Waals surface area contributed by atoms with E-state index in [0.717, 1.165) is 37.3 Å². The number of methoxy groups -OCH3 is 1. The summed E-state index contributed by atoms with van der Waals surface area (Å²) in [6.45, 7) is 2.84. The number of fused-ring (bicyclic) bond motifs is 1. The van der Waals surface area contributed by atoms with Crippen molar-refractivity contribution < 1.29 is 4.74 Å². The van der Waals surface area contributed by atoms with Crippen LogP contribution in [0.25, 0.3) is 11.2 Å². The summed E-state index contributed by atoms with van der Waals surface area (Å²) in [5, 5.41) is 0. The third-order valence-electron chi connectivity index (χ3n) is 4.33. The zero-order valence-electron chi connectivity index (χ0n) is 13.0. The molecule has 1 aliphatic heterocycles. The molecule has 3 rings (SSSR count). The normalized spacial score (nSPS) is 20.2. The number of pyridine rings is 1. The number of imidazole rings is 1. The van der Waals surface area contributed by atoms with Crippen molar-refractivity contribution in [1.82, 2.24) is 19.4 Å². The largest absolute Gasteiger partial charge is 0.385 e. The van der Waals surface area contributed by atoms with Crippen LogP contribution in [0.15, 0.2) is 18.3 Å². The van der Waals surface area contributed by atoms with Gasteiger partial charge in [-0.25, -0.2) is 9.97 Å². The van der Waals surface area contributed by atoms with Gasteiger partial charge in [0.2, 0.25) is 0 Å². The average molecular weight is 288 g/mol. The van der Waals surface area contributed by atoms with E-state index in [1.165, 1.54) is 25.1 Å². The van der Waals surface area contributed by atoms with Crippen molar-refractivity contribution in [3.05, 3.63) is 24.2 Å². The molecule has 0 N–H and O–H groups in total. The molecule has 0 aliphatic carbocycles. The molecule has 5 nitrogen and oxygen atoms in total. The highest BCUT2D eigenvalue weighted by atomic mass is 16.5. The maximum Gasteiger partial charge on any atom is 0.160 e. The van der Waals surface area contributed by atoms with Crippen LogP contribution in [0.2, 0.25) is 0 Å². The zero-order chi connectivity index (χ0) is 14.7. The standard InChI is InChI=1S/C16H24N4O/c1-19-10-4-3-8-14(19)16-18-13-7-5-9-17-15(13)20(16)11-6-12-21-2/h5,7,9,14H,3-4,6,8,10-12H2,1-2H3. The van der Waals surface area contributed by atoms with Gasteiger partial charge in [-0.3, -0.25) is 4.90 Å². The molecule has 2 aromatic rings. The van der Waals surface area contributed by atoms with Crippen LogP contribution in [0.1, 0.15) is 37.5 Å². The van der Waals surface area contributed by atoms with Crippen LogP contribution in [0, 0.1) is 0 Å². The van der Waals surface area contributed by atoms with Crippen LogP contribution in [-0.4, -0.2) is 46.7 Å². The molecule has 21 heavy (non-hydrogen) atoms. The van der Waals surface area contributed by atoms with Gasteiger partial charge in [0, 0.05) is 26.5 Å². The topological polar surface area (TPSA) is 43.2 Å². The minimum atomic E-state index is 0.412. The first-order valence-electron chi connectivity index (χ1n) is 7.81. The van der Waals surface area contributed by atoms with Gasteiger partial charge in [-0.1, -0.05) is 6.42 Å². The molecule has 1 fully saturated rings. The third-order valence-corrected chi connectivity index (χ3v) is 4.33. The van der Waals surface area contributed by atoms with Crippen molar-refractivity contribution in [3.63, 3.8) is 0 Å². The minimum Gasteiger partial charge on any atom is -0.385 e. The molecule has 0 aromatic carbocycles. The summed E-state index contributed by atoms with van der Waals surface area (Å²) >= 11 is 0. The molecule has 114 valence electrons. The Hall–Kier alpha value is -1.46. The van der Waals surface area contributed by atoms with Gasteiger partial charge >= 0.3 is 0 Å². The van der Waals surface area contributed by atoms with E-state index in [-0.39, 0.29) is 0 Å². The fourth-order valence-electron chi connectivity index (χ4n) is 3.22. The van der Waals surface area contributed by atoms with Crippen molar-refractivity contribution >= 4 is 11.2 Å². The Kier molecular flexibility index (Phi) is 4.51. The Morgan fingerprint density at radius 1 is 1.38 bits per heavy atom. The summed E-state index contributed by atoms with van der Waals surface area (Å²) in [7, 11) is 3.95. The summed E-state index contributed by atoms with van der Waals surface area (Å²) in [5.74, 6) is 1.17. The fourth-order valence-corrected chi connectivity index (χ4v) is 3.22. The Morgan fingerprint density at radius 2 is 2.29 bits per heavy atom. The lowest BCUT2D eigenvalue weighted by Crippen LogP contribution is -2.31. The van der Waals surface area contributed by atoms with Crippen LogP contribution < -0.4 is 0 Å². The summed E-state index contributed by atoms with van der Waals surface area (Å²) < 4.78 is 7.49. The Bertz CT molecular complexity index is 595. The van der Waals surface area contributed by atoms with E-state index in [9.17, 15) is 0 Å². The maximum atomic E-state index is 5.19. The lowest BCUT2D eigenvalue weighted by Gasteiger charge is -2.32. The number of hydrogen-bond acceptors (Lipinski definition) is 4. The second-order valence-corrected chi connectivity index (χ2v) is 5.81. The molecular formula is C16H24N4O. The predicted octanol–water partition coefficient (Wildman–Crippen LogP) is 2.62. The van der Waals surface area contributed by atoms with E-state index in [1.54, 1.807) is 7.11 Å². The molecule has 3 heterocycles. The fraction of sp³-hybridized carbons (Fsp3) is 0.625. The van der Waals surface area contributed by atoms with Gasteiger partial charge in [0.25, 0.3) is 0 Å². The molecule has 1 saturated heterocycles. The zero-order valence-corrected chi connectivity index (χ0v) is 13.0. The van der Waals surface area contributed by atoms with Crippen molar-refractivity contribution in [1.29, 1.82) is 0 Å². The van der Waals surface area contributed by atoms with E-state index in [1.807, 2.05) is 12.3 Å². The van der Waals surface area contributed by atoms with Crippen LogP contribution >= 0.6 is 0 Å². The van der Waals surface area contributed by atoms with E-state index < -0.39 is 0 Å². The molecule has 1 atom stereocenters. The third kappa shape index (κ3) is 2.94. The van der Waals surface area contributed by atoms with Gasteiger partial charge < -0.3 is 9.30 Å². The van der Waals surface area contributed by atoms with E-state index in [2.05, 4.69) is 27.6 Å². The van der Waals surface area contributed by atoms with E-state index >= 15 is 0 Å². The van der Waals surface area contributed by atoms with Crippen LogP contribution in [0.4, 0.5) is 0 Å². The van der Waals surface area contributed by atoms with Crippen molar-refractivity contribution in [2.75, 3.05) is 27.3 Å². The monoisotopic (exact) mass is 288 g/mol. The number of nitrogens with zero attached hydrogens (tertiary/aromatic N) is 4. The first kappa shape index (κ1) is 14.5. The van der Waals surface area contributed by atoms with Crippen molar-refractivity contribution in [3.8, 4) is 0 Å². The van der Waals surface area contributed by atoms with Gasteiger partial charge in [0.05, 0.1) is 6.04 Å². The van der Waals surface area contributed by atoms with Crippen molar-refractivity contribution in [2.24, 2.45) is 0 Å². The second-order valence-electron chi connectivity index (χ2n) is 5.81. The van der Waals surface area contributed by atoms with E-state index in [0.29, 0.717) is 6.04 Å². The average Bonchev–Trinajstić information content (AvgIpc) is 2.87. The smallest absolute Gasteiger partial charge is 0.160 e. The first-order chi connectivity index (χ1) is 10.3. The highest BCUT2D eigenvalue weighted by Crippen LogP contribution is 2.30. The first-order valence-corrected chi connectivity index (χ1v) is 7.81. The van der Waals surface area contributed by atoms with Gasteiger partial charge in [-0.2, -0.15) is 0 Å². The summed E-state index contributed by atoms with van der Waals surface area (Å²) in [6.07, 6.45) is 6.59. The molecule has 0 saturated carbocycles. The van der Waals surface area contributed by atoms with Crippen LogP contribution in [0.3, 0.4) is 0 Å². The molecule has 0 spiro atoms. The molecule has 0 radical (unpaired) electrons. The Balaban J connectivity index is 1.97. The Labute approximate surface area is 125 Å². The number of rotatable bonds is 5. The highest BCUT2D eigenvalue weighted by Gasteiger charge is 2.26. The summed E-state index contributed by atoms with van der Waals surface area (Å²) in [5.41, 5.74) is 2.01. The second kappa shape index (κ2) is 6.54. The molecule has 0 bridgehead atoms. The van der Waals surface area contributed by atoms with Gasteiger partial charge in [-0.15, -0.1) is 0 Å². The summed E-state index contributed by atoms with van der Waals surface area (Å²) in [4.78, 5) is 11.9. The number of aromatic nitrogens is 3. The SMILES string of the molecule is COCCCn1c(C2CCCCN2C)nc2cccnc21. The lowest BCUT2D eigenvalue weighted by molar-refractivity contribution is 0.171. The molecule has 5 heteroatoms. The van der Waals surface area contributed by atoms with Gasteiger partial charge in [-0.05, 0) is 45.0 Å². The van der Waals surface area contributed by atoms with Crippen LogP contribution in [-0.2, 0) is 11.3 Å². The molecule has 1 aliphatic rings. The molecular weight excluding hydrogens is 264 g/mol. The Morgan fingerprint density at radius 3 is 3.10 bits per heavy atom. The predicted molar refractivity (Wildman–Crippen MR) is 83.2 cm³/mol. The molecule has 2 aromatic heterocycles. The number of ether oxygens (including phenoxy) is 1. The lowest BCUT2D eigenvalue weighted by atomic mass is 10.0. The molecule has 0 amide bonds. The van der Waals surface area contributed by atoms with Crippen molar-refractivity contribution in [2.45, 2.75) is 38.3 Å². The number of piperidine rings is 1. The number of aryl methyl sites for hydroxylation is 1. The number of likely N-dealkylation sites (tertiary alicyclic amines) is 1. The highest BCUT2D eigenvalue weighted by molar-refractivity contribution is 5.71. The number of hydrogen-bond donors (Lipinski definition) is 0.